The van der Waals surface area contributed by atoms with Crippen molar-refractivity contribution in [3.8, 4) is 5.75 Å². The summed E-state index contributed by atoms with van der Waals surface area (Å²) in [7, 11) is 0. The molecule has 3 rings (SSSR count). The summed E-state index contributed by atoms with van der Waals surface area (Å²) in [5.41, 5.74) is 2.05. The molecule has 0 atom stereocenters. The molecule has 0 bridgehead atoms. The molecule has 160 valence electrons. The highest BCUT2D eigenvalue weighted by atomic mass is 32.1. The second-order valence-electron chi connectivity index (χ2n) is 7.40. The first-order chi connectivity index (χ1) is 14.5. The van der Waals surface area contributed by atoms with Gasteiger partial charge < -0.3 is 10.1 Å². The lowest BCUT2D eigenvalue weighted by atomic mass is 10.1. The van der Waals surface area contributed by atoms with Crippen LogP contribution in [0.15, 0.2) is 35.4 Å². The van der Waals surface area contributed by atoms with Crippen LogP contribution in [0.3, 0.4) is 0 Å². The van der Waals surface area contributed by atoms with Crippen molar-refractivity contribution in [3.05, 3.63) is 57.0 Å². The number of aromatic nitrogens is 2. The highest BCUT2D eigenvalue weighted by molar-refractivity contribution is 7.18. The Morgan fingerprint density at radius 3 is 2.73 bits per heavy atom. The average Bonchev–Trinajstić information content (AvgIpc) is 3.03. The monoisotopic (exact) mass is 427 g/mol. The number of carbonyl (C=O) groups is 1. The Morgan fingerprint density at radius 1 is 1.23 bits per heavy atom. The topological polar surface area (TPSA) is 73.2 Å². The van der Waals surface area contributed by atoms with Crippen LogP contribution in [0.4, 0.5) is 0 Å². The van der Waals surface area contributed by atoms with Gasteiger partial charge in [-0.25, -0.2) is 4.98 Å². The number of aryl methyl sites for hydroxylation is 3. The summed E-state index contributed by atoms with van der Waals surface area (Å²) < 4.78 is 7.19. The van der Waals surface area contributed by atoms with E-state index in [1.165, 1.54) is 22.2 Å². The fraction of sp³-hybridized carbons (Fsp3) is 0.435. The smallest absolute Gasteiger partial charge is 0.262 e. The summed E-state index contributed by atoms with van der Waals surface area (Å²) in [6.45, 7) is 7.70. The predicted molar refractivity (Wildman–Crippen MR) is 122 cm³/mol. The molecule has 2 aromatic heterocycles. The van der Waals surface area contributed by atoms with Crippen molar-refractivity contribution in [1.82, 2.24) is 14.9 Å². The molecule has 0 radical (unpaired) electrons. The SMILES string of the molecule is CCCCOc1ccc(CCNC(=O)CCn2cnc3sc(C)c(C)c3c2=O)cc1. The molecule has 0 aliphatic rings. The number of nitrogens with zero attached hydrogens (tertiary/aromatic N) is 2. The molecule has 0 fully saturated rings. The van der Waals surface area contributed by atoms with Crippen LogP contribution < -0.4 is 15.6 Å². The number of nitrogens with one attached hydrogen (secondary N) is 1. The van der Waals surface area contributed by atoms with E-state index in [-0.39, 0.29) is 17.9 Å². The Balaban J connectivity index is 1.45. The number of amides is 1. The molecule has 0 spiro atoms. The van der Waals surface area contributed by atoms with Gasteiger partial charge >= 0.3 is 0 Å². The largest absolute Gasteiger partial charge is 0.494 e. The number of carbonyl (C=O) groups excluding carboxylic acids is 1. The Bertz CT molecular complexity index is 1050. The van der Waals surface area contributed by atoms with Crippen LogP contribution in [0.1, 0.15) is 42.2 Å². The molecule has 30 heavy (non-hydrogen) atoms. The number of hydrogen-bond acceptors (Lipinski definition) is 5. The summed E-state index contributed by atoms with van der Waals surface area (Å²) in [4.78, 5) is 31.1. The predicted octanol–water partition coefficient (Wildman–Crippen LogP) is 4.00. The Kier molecular flexibility index (Phi) is 7.63. The fourth-order valence-corrected chi connectivity index (χ4v) is 4.16. The lowest BCUT2D eigenvalue weighted by Gasteiger charge is -2.08. The third-order valence-electron chi connectivity index (χ3n) is 5.16. The molecular weight excluding hydrogens is 398 g/mol. The Hall–Kier alpha value is -2.67. The van der Waals surface area contributed by atoms with Crippen LogP contribution >= 0.6 is 11.3 Å². The van der Waals surface area contributed by atoms with Crippen LogP contribution in [0.25, 0.3) is 10.2 Å². The summed E-state index contributed by atoms with van der Waals surface area (Å²) in [6.07, 6.45) is 4.71. The number of benzene rings is 1. The highest BCUT2D eigenvalue weighted by Crippen LogP contribution is 2.25. The van der Waals surface area contributed by atoms with Gasteiger partial charge in [0.25, 0.3) is 5.56 Å². The lowest BCUT2D eigenvalue weighted by Crippen LogP contribution is -2.29. The van der Waals surface area contributed by atoms with Crippen LogP contribution in [-0.2, 0) is 17.8 Å². The van der Waals surface area contributed by atoms with Crippen LogP contribution in [0.2, 0.25) is 0 Å². The van der Waals surface area contributed by atoms with E-state index >= 15 is 0 Å². The summed E-state index contributed by atoms with van der Waals surface area (Å²) in [6, 6.07) is 7.99. The van der Waals surface area contributed by atoms with E-state index in [0.717, 1.165) is 52.5 Å². The van der Waals surface area contributed by atoms with Gasteiger partial charge in [-0.1, -0.05) is 25.5 Å². The highest BCUT2D eigenvalue weighted by Gasteiger charge is 2.12. The standard InChI is InChI=1S/C23H29N3O3S/c1-4-5-14-29-19-8-6-18(7-9-19)10-12-24-20(27)11-13-26-15-25-22-21(23(26)28)16(2)17(3)30-22/h6-9,15H,4-5,10-14H2,1-3H3,(H,24,27). The third-order valence-corrected chi connectivity index (χ3v) is 6.28. The van der Waals surface area contributed by atoms with Gasteiger partial charge in [0, 0.05) is 24.4 Å². The Morgan fingerprint density at radius 2 is 2.00 bits per heavy atom. The number of hydrogen-bond donors (Lipinski definition) is 1. The molecule has 0 aliphatic heterocycles. The molecule has 3 aromatic rings. The fourth-order valence-electron chi connectivity index (χ4n) is 3.17. The van der Waals surface area contributed by atoms with Crippen LogP contribution in [-0.4, -0.2) is 28.6 Å². The van der Waals surface area contributed by atoms with E-state index in [9.17, 15) is 9.59 Å². The van der Waals surface area contributed by atoms with E-state index in [2.05, 4.69) is 17.2 Å². The average molecular weight is 428 g/mol. The minimum Gasteiger partial charge on any atom is -0.494 e. The number of ether oxygens (including phenoxy) is 1. The van der Waals surface area contributed by atoms with E-state index in [1.807, 2.05) is 38.1 Å². The van der Waals surface area contributed by atoms with Gasteiger partial charge in [-0.15, -0.1) is 11.3 Å². The Labute approximate surface area is 180 Å². The molecule has 6 nitrogen and oxygen atoms in total. The van der Waals surface area contributed by atoms with Gasteiger partial charge in [-0.3, -0.25) is 14.2 Å². The van der Waals surface area contributed by atoms with Gasteiger partial charge in [0.05, 0.1) is 18.3 Å². The van der Waals surface area contributed by atoms with Gasteiger partial charge in [0.15, 0.2) is 0 Å². The maximum absolute atomic E-state index is 12.7. The van der Waals surface area contributed by atoms with Gasteiger partial charge in [0.2, 0.25) is 5.91 Å². The maximum atomic E-state index is 12.7. The molecule has 0 saturated heterocycles. The van der Waals surface area contributed by atoms with Crippen molar-refractivity contribution in [2.24, 2.45) is 0 Å². The molecule has 0 aliphatic carbocycles. The number of fused-ring (bicyclic) bond motifs is 1. The summed E-state index contributed by atoms with van der Waals surface area (Å²) >= 11 is 1.53. The molecule has 1 N–H and O–H groups in total. The van der Waals surface area contributed by atoms with Crippen molar-refractivity contribution in [2.75, 3.05) is 13.2 Å². The van der Waals surface area contributed by atoms with E-state index in [1.54, 1.807) is 0 Å². The first kappa shape index (κ1) is 22.0. The minimum atomic E-state index is -0.0732. The first-order valence-corrected chi connectivity index (χ1v) is 11.2. The van der Waals surface area contributed by atoms with Crippen molar-refractivity contribution in [2.45, 2.75) is 53.0 Å². The zero-order chi connectivity index (χ0) is 21.5. The van der Waals surface area contributed by atoms with E-state index in [4.69, 9.17) is 4.74 Å². The quantitative estimate of drug-likeness (QED) is 0.496. The third kappa shape index (κ3) is 5.48. The number of unbranched alkanes of at least 4 members (excludes halogenated alkanes) is 1. The van der Waals surface area contributed by atoms with Crippen LogP contribution in [0, 0.1) is 13.8 Å². The number of thiophene rings is 1. The molecular formula is C23H29N3O3S. The first-order valence-electron chi connectivity index (χ1n) is 10.4. The molecule has 0 unspecified atom stereocenters. The summed E-state index contributed by atoms with van der Waals surface area (Å²) in [5.74, 6) is 0.808. The number of rotatable bonds is 10. The lowest BCUT2D eigenvalue weighted by molar-refractivity contribution is -0.121. The van der Waals surface area contributed by atoms with Gasteiger partial charge in [-0.05, 0) is 49.9 Å². The zero-order valence-corrected chi connectivity index (χ0v) is 18.7. The molecule has 1 amide bonds. The zero-order valence-electron chi connectivity index (χ0n) is 17.9. The van der Waals surface area contributed by atoms with E-state index in [0.29, 0.717) is 18.5 Å². The van der Waals surface area contributed by atoms with Crippen molar-refractivity contribution >= 4 is 27.5 Å². The van der Waals surface area contributed by atoms with Gasteiger partial charge in [-0.2, -0.15) is 0 Å². The molecule has 2 heterocycles. The van der Waals surface area contributed by atoms with Crippen molar-refractivity contribution in [3.63, 3.8) is 0 Å². The van der Waals surface area contributed by atoms with Crippen molar-refractivity contribution in [1.29, 1.82) is 0 Å². The van der Waals surface area contributed by atoms with E-state index < -0.39 is 0 Å². The minimum absolute atomic E-state index is 0.0697. The molecule has 7 heteroatoms. The maximum Gasteiger partial charge on any atom is 0.262 e. The molecule has 0 saturated carbocycles. The summed E-state index contributed by atoms with van der Waals surface area (Å²) in [5, 5.41) is 3.60. The molecule has 1 aromatic carbocycles. The second-order valence-corrected chi connectivity index (χ2v) is 8.61. The second kappa shape index (κ2) is 10.4. The van der Waals surface area contributed by atoms with Crippen molar-refractivity contribution < 1.29 is 9.53 Å². The van der Waals surface area contributed by atoms with Gasteiger partial charge in [0.1, 0.15) is 10.6 Å². The normalized spacial score (nSPS) is 11.0. The van der Waals surface area contributed by atoms with Crippen LogP contribution in [0.5, 0.6) is 5.75 Å².